The Hall–Kier alpha value is -2.34. The second-order valence-electron chi connectivity index (χ2n) is 8.77. The molecular formula is C23H31N5O. The van der Waals surface area contributed by atoms with Crippen molar-refractivity contribution in [3.63, 3.8) is 0 Å². The number of anilines is 2. The Morgan fingerprint density at radius 3 is 2.34 bits per heavy atom. The van der Waals surface area contributed by atoms with E-state index in [2.05, 4.69) is 62.0 Å². The molecular weight excluding hydrogens is 362 g/mol. The van der Waals surface area contributed by atoms with Gasteiger partial charge in [0.25, 0.3) is 0 Å². The Balaban J connectivity index is 1.34. The molecule has 2 aromatic rings. The van der Waals surface area contributed by atoms with Crippen LogP contribution in [0.4, 0.5) is 11.6 Å². The minimum atomic E-state index is 0.458. The Kier molecular flexibility index (Phi) is 5.04. The first-order chi connectivity index (χ1) is 14.2. The quantitative estimate of drug-likeness (QED) is 0.795. The minimum absolute atomic E-state index is 0.458. The second kappa shape index (κ2) is 7.82. The molecule has 0 radical (unpaired) electrons. The molecule has 6 nitrogen and oxygen atoms in total. The first kappa shape index (κ1) is 18.7. The Labute approximate surface area is 173 Å². The lowest BCUT2D eigenvalue weighted by molar-refractivity contribution is 0.279. The smallest absolute Gasteiger partial charge is 0.134 e. The number of nitrogens with zero attached hydrogens (tertiary/aromatic N) is 5. The molecule has 0 spiro atoms. The first-order valence-electron chi connectivity index (χ1n) is 10.9. The number of likely N-dealkylation sites (tertiary alicyclic amines) is 1. The summed E-state index contributed by atoms with van der Waals surface area (Å²) in [7, 11) is 3.98. The van der Waals surface area contributed by atoms with E-state index in [4.69, 9.17) is 4.74 Å². The van der Waals surface area contributed by atoms with Crippen molar-refractivity contribution in [2.75, 3.05) is 56.7 Å². The molecule has 0 N–H and O–H groups in total. The van der Waals surface area contributed by atoms with Gasteiger partial charge in [-0.15, -0.1) is 0 Å². The molecule has 3 fully saturated rings. The lowest BCUT2D eigenvalue weighted by atomic mass is 9.89. The highest BCUT2D eigenvalue weighted by Gasteiger charge is 2.46. The number of ether oxygens (including phenoxy) is 1. The fourth-order valence-electron chi connectivity index (χ4n) is 5.55. The van der Waals surface area contributed by atoms with E-state index in [9.17, 15) is 0 Å². The Bertz CT molecular complexity index is 835. The topological polar surface area (TPSA) is 44.7 Å². The predicted molar refractivity (Wildman–Crippen MR) is 116 cm³/mol. The molecule has 6 heteroatoms. The molecule has 0 aliphatic carbocycles. The molecule has 0 bridgehead atoms. The molecule has 3 atom stereocenters. The van der Waals surface area contributed by atoms with Crippen molar-refractivity contribution in [1.82, 2.24) is 14.9 Å². The van der Waals surface area contributed by atoms with E-state index in [0.717, 1.165) is 50.1 Å². The zero-order valence-electron chi connectivity index (χ0n) is 17.5. The first-order valence-corrected chi connectivity index (χ1v) is 10.9. The summed E-state index contributed by atoms with van der Waals surface area (Å²) in [5.74, 6) is 4.41. The summed E-state index contributed by atoms with van der Waals surface area (Å²) in [4.78, 5) is 16.6. The molecule has 4 heterocycles. The summed E-state index contributed by atoms with van der Waals surface area (Å²) in [5.41, 5.74) is 1.39. The van der Waals surface area contributed by atoms with E-state index >= 15 is 0 Å². The molecule has 1 aromatic carbocycles. The molecule has 29 heavy (non-hydrogen) atoms. The number of piperidine rings is 1. The van der Waals surface area contributed by atoms with E-state index in [1.165, 1.54) is 24.8 Å². The van der Waals surface area contributed by atoms with Crippen LogP contribution in [0.3, 0.4) is 0 Å². The maximum absolute atomic E-state index is 5.34. The number of hydrogen-bond acceptors (Lipinski definition) is 6. The molecule has 1 aromatic heterocycles. The van der Waals surface area contributed by atoms with Gasteiger partial charge in [-0.1, -0.05) is 12.1 Å². The van der Waals surface area contributed by atoms with Crippen LogP contribution in [-0.2, 0) is 0 Å². The van der Waals surface area contributed by atoms with Gasteiger partial charge in [0.05, 0.1) is 7.11 Å². The average molecular weight is 394 g/mol. The van der Waals surface area contributed by atoms with Crippen molar-refractivity contribution in [2.45, 2.75) is 25.3 Å². The van der Waals surface area contributed by atoms with E-state index in [1.807, 2.05) is 0 Å². The fourth-order valence-corrected chi connectivity index (χ4v) is 5.55. The number of rotatable bonds is 4. The van der Waals surface area contributed by atoms with Crippen LogP contribution >= 0.6 is 0 Å². The summed E-state index contributed by atoms with van der Waals surface area (Å²) in [5, 5.41) is 0. The van der Waals surface area contributed by atoms with Gasteiger partial charge in [-0.3, -0.25) is 4.90 Å². The average Bonchev–Trinajstić information content (AvgIpc) is 3.31. The maximum atomic E-state index is 5.34. The molecule has 0 unspecified atom stereocenters. The van der Waals surface area contributed by atoms with Crippen molar-refractivity contribution in [3.8, 4) is 5.75 Å². The zero-order valence-corrected chi connectivity index (χ0v) is 17.5. The van der Waals surface area contributed by atoms with E-state index in [1.54, 1.807) is 13.4 Å². The van der Waals surface area contributed by atoms with Gasteiger partial charge in [0, 0.05) is 50.7 Å². The summed E-state index contributed by atoms with van der Waals surface area (Å²) >= 11 is 0. The highest BCUT2D eigenvalue weighted by atomic mass is 16.5. The lowest BCUT2D eigenvalue weighted by Crippen LogP contribution is -2.31. The van der Waals surface area contributed by atoms with E-state index < -0.39 is 0 Å². The third kappa shape index (κ3) is 3.54. The van der Waals surface area contributed by atoms with E-state index in [-0.39, 0.29) is 0 Å². The molecule has 0 saturated carbocycles. The normalized spacial score (nSPS) is 27.3. The predicted octanol–water partition coefficient (Wildman–Crippen LogP) is 3.21. The summed E-state index contributed by atoms with van der Waals surface area (Å²) in [6.07, 6.45) is 5.62. The maximum Gasteiger partial charge on any atom is 0.134 e. The molecule has 5 rings (SSSR count). The van der Waals surface area contributed by atoms with Crippen LogP contribution in [-0.4, -0.2) is 61.7 Å². The van der Waals surface area contributed by atoms with E-state index in [0.29, 0.717) is 17.9 Å². The fraction of sp³-hybridized carbons (Fsp3) is 0.565. The third-order valence-corrected chi connectivity index (χ3v) is 6.99. The van der Waals surface area contributed by atoms with Crippen molar-refractivity contribution in [3.05, 3.63) is 42.2 Å². The van der Waals surface area contributed by atoms with Gasteiger partial charge in [0.15, 0.2) is 0 Å². The van der Waals surface area contributed by atoms with Gasteiger partial charge >= 0.3 is 0 Å². The third-order valence-electron chi connectivity index (χ3n) is 6.99. The number of methoxy groups -OCH3 is 1. The van der Waals surface area contributed by atoms with Crippen LogP contribution in [0, 0.1) is 11.8 Å². The van der Waals surface area contributed by atoms with Gasteiger partial charge in [-0.2, -0.15) is 0 Å². The number of aromatic nitrogens is 2. The highest BCUT2D eigenvalue weighted by molar-refractivity contribution is 5.51. The molecule has 154 valence electrons. The molecule has 0 amide bonds. The van der Waals surface area contributed by atoms with Gasteiger partial charge in [-0.05, 0) is 49.9 Å². The minimum Gasteiger partial charge on any atom is -0.497 e. The summed E-state index contributed by atoms with van der Waals surface area (Å²) in [6.45, 7) is 5.51. The number of hydrogen-bond donors (Lipinski definition) is 0. The van der Waals surface area contributed by atoms with Crippen LogP contribution in [0.2, 0.25) is 0 Å². The number of fused-ring (bicyclic) bond motifs is 1. The molecule has 3 aliphatic rings. The van der Waals surface area contributed by atoms with Gasteiger partial charge < -0.3 is 14.5 Å². The van der Waals surface area contributed by atoms with Gasteiger partial charge in [0.1, 0.15) is 23.7 Å². The summed E-state index contributed by atoms with van der Waals surface area (Å²) < 4.78 is 5.34. The summed E-state index contributed by atoms with van der Waals surface area (Å²) in [6, 6.07) is 11.3. The highest BCUT2D eigenvalue weighted by Crippen LogP contribution is 2.45. The SMILES string of the molecule is COc1ccc([C@@H]2[C@@H]3CN(c4cc(N5CCCCC5)ncn4)C[C@@H]3CN2C)cc1. The standard InChI is InChI=1S/C23H31N5O/c1-26-13-18-14-28(15-20(18)23(26)17-6-8-19(29-2)9-7-17)22-12-21(24-16-25-22)27-10-4-3-5-11-27/h6-9,12,16,18,20,23H,3-5,10-11,13-15H2,1-2H3/t18-,20+,23+/m0/s1. The van der Waals surface area contributed by atoms with Crippen molar-refractivity contribution < 1.29 is 4.74 Å². The van der Waals surface area contributed by atoms with Crippen LogP contribution in [0.25, 0.3) is 0 Å². The molecule has 3 saturated heterocycles. The Morgan fingerprint density at radius 1 is 0.897 bits per heavy atom. The van der Waals surface area contributed by atoms with Crippen molar-refractivity contribution in [1.29, 1.82) is 0 Å². The van der Waals surface area contributed by atoms with Crippen LogP contribution in [0.5, 0.6) is 5.75 Å². The van der Waals surface area contributed by atoms with Crippen molar-refractivity contribution in [2.24, 2.45) is 11.8 Å². The van der Waals surface area contributed by atoms with Gasteiger partial charge in [-0.25, -0.2) is 9.97 Å². The largest absolute Gasteiger partial charge is 0.497 e. The number of benzene rings is 1. The zero-order chi connectivity index (χ0) is 19.8. The lowest BCUT2D eigenvalue weighted by Gasteiger charge is -2.29. The monoisotopic (exact) mass is 393 g/mol. The second-order valence-corrected chi connectivity index (χ2v) is 8.77. The van der Waals surface area contributed by atoms with Crippen LogP contribution in [0.15, 0.2) is 36.7 Å². The van der Waals surface area contributed by atoms with Crippen molar-refractivity contribution >= 4 is 11.6 Å². The van der Waals surface area contributed by atoms with Gasteiger partial charge in [0.2, 0.25) is 0 Å². The molecule has 3 aliphatic heterocycles. The van der Waals surface area contributed by atoms with Crippen LogP contribution < -0.4 is 14.5 Å². The Morgan fingerprint density at radius 2 is 1.62 bits per heavy atom. The van der Waals surface area contributed by atoms with Crippen LogP contribution in [0.1, 0.15) is 30.9 Å².